The standard InChI is InChI=1S/C18H21Cl2NO3/c1-2-23-17-10-14(11-21-7-8-22)9-16(20)18(17)24-12-13-3-5-15(19)6-4-13/h3-6,9-10,21-22H,2,7-8,11-12H2,1H3. The highest BCUT2D eigenvalue weighted by Gasteiger charge is 2.13. The fraction of sp³-hybridized carbons (Fsp3) is 0.333. The van der Waals surface area contributed by atoms with Gasteiger partial charge >= 0.3 is 0 Å². The zero-order chi connectivity index (χ0) is 17.4. The fourth-order valence-corrected chi connectivity index (χ4v) is 2.59. The predicted octanol–water partition coefficient (Wildman–Crippen LogP) is 4.05. The molecule has 2 rings (SSSR count). The topological polar surface area (TPSA) is 50.7 Å². The molecule has 0 heterocycles. The number of hydrogen-bond donors (Lipinski definition) is 2. The number of benzene rings is 2. The zero-order valence-electron chi connectivity index (χ0n) is 13.5. The van der Waals surface area contributed by atoms with Crippen LogP contribution in [-0.2, 0) is 13.2 Å². The lowest BCUT2D eigenvalue weighted by Crippen LogP contribution is -2.17. The van der Waals surface area contributed by atoms with Gasteiger partial charge in [0.1, 0.15) is 6.61 Å². The minimum atomic E-state index is 0.0916. The molecule has 0 bridgehead atoms. The van der Waals surface area contributed by atoms with E-state index in [1.165, 1.54) is 0 Å². The second-order valence-electron chi connectivity index (χ2n) is 5.15. The molecule has 0 aliphatic rings. The smallest absolute Gasteiger partial charge is 0.180 e. The third-order valence-corrected chi connectivity index (χ3v) is 3.82. The van der Waals surface area contributed by atoms with Crippen molar-refractivity contribution in [2.75, 3.05) is 19.8 Å². The second kappa shape index (κ2) is 9.74. The van der Waals surface area contributed by atoms with Crippen LogP contribution in [0.5, 0.6) is 11.5 Å². The molecule has 2 aromatic carbocycles. The summed E-state index contributed by atoms with van der Waals surface area (Å²) < 4.78 is 11.5. The summed E-state index contributed by atoms with van der Waals surface area (Å²) in [6.45, 7) is 4.01. The molecule has 4 nitrogen and oxygen atoms in total. The van der Waals surface area contributed by atoms with Gasteiger partial charge in [0.15, 0.2) is 11.5 Å². The predicted molar refractivity (Wildman–Crippen MR) is 97.2 cm³/mol. The Balaban J connectivity index is 2.13. The maximum absolute atomic E-state index is 8.84. The van der Waals surface area contributed by atoms with Crippen LogP contribution in [0.25, 0.3) is 0 Å². The number of aliphatic hydroxyl groups excluding tert-OH is 1. The van der Waals surface area contributed by atoms with Gasteiger partial charge in [-0.05, 0) is 42.3 Å². The minimum Gasteiger partial charge on any atom is -0.490 e. The Morgan fingerprint density at radius 1 is 1.04 bits per heavy atom. The molecule has 0 fully saturated rings. The summed E-state index contributed by atoms with van der Waals surface area (Å²) >= 11 is 12.3. The van der Waals surface area contributed by atoms with Crippen molar-refractivity contribution in [3.63, 3.8) is 0 Å². The van der Waals surface area contributed by atoms with E-state index in [0.717, 1.165) is 11.1 Å². The highest BCUT2D eigenvalue weighted by atomic mass is 35.5. The summed E-state index contributed by atoms with van der Waals surface area (Å²) in [5.41, 5.74) is 1.96. The van der Waals surface area contributed by atoms with E-state index in [1.807, 2.05) is 43.3 Å². The third-order valence-electron chi connectivity index (χ3n) is 3.28. The van der Waals surface area contributed by atoms with Crippen molar-refractivity contribution >= 4 is 23.2 Å². The fourth-order valence-electron chi connectivity index (χ4n) is 2.17. The van der Waals surface area contributed by atoms with E-state index < -0.39 is 0 Å². The van der Waals surface area contributed by atoms with Crippen LogP contribution >= 0.6 is 23.2 Å². The van der Waals surface area contributed by atoms with E-state index in [1.54, 1.807) is 0 Å². The Morgan fingerprint density at radius 2 is 1.79 bits per heavy atom. The lowest BCUT2D eigenvalue weighted by Gasteiger charge is -2.15. The first-order chi connectivity index (χ1) is 11.6. The first-order valence-electron chi connectivity index (χ1n) is 7.78. The van der Waals surface area contributed by atoms with Gasteiger partial charge in [-0.2, -0.15) is 0 Å². The van der Waals surface area contributed by atoms with Crippen LogP contribution in [0.2, 0.25) is 10.0 Å². The average Bonchev–Trinajstić information content (AvgIpc) is 2.56. The van der Waals surface area contributed by atoms with Crippen molar-refractivity contribution < 1.29 is 14.6 Å². The van der Waals surface area contributed by atoms with E-state index >= 15 is 0 Å². The Hall–Kier alpha value is -1.46. The van der Waals surface area contributed by atoms with Crippen molar-refractivity contribution in [1.82, 2.24) is 5.32 Å². The highest BCUT2D eigenvalue weighted by Crippen LogP contribution is 2.37. The molecule has 0 atom stereocenters. The second-order valence-corrected chi connectivity index (χ2v) is 6.00. The Labute approximate surface area is 152 Å². The first-order valence-corrected chi connectivity index (χ1v) is 8.53. The van der Waals surface area contributed by atoms with Crippen LogP contribution in [0.3, 0.4) is 0 Å². The Morgan fingerprint density at radius 3 is 2.46 bits per heavy atom. The van der Waals surface area contributed by atoms with Gasteiger partial charge in [-0.1, -0.05) is 35.3 Å². The monoisotopic (exact) mass is 369 g/mol. The van der Waals surface area contributed by atoms with E-state index in [0.29, 0.717) is 47.8 Å². The van der Waals surface area contributed by atoms with Crippen LogP contribution < -0.4 is 14.8 Å². The van der Waals surface area contributed by atoms with Crippen molar-refractivity contribution in [2.24, 2.45) is 0 Å². The Bertz CT molecular complexity index is 647. The SMILES string of the molecule is CCOc1cc(CNCCO)cc(Cl)c1OCc1ccc(Cl)cc1. The summed E-state index contributed by atoms with van der Waals surface area (Å²) in [6, 6.07) is 11.2. The normalized spacial score (nSPS) is 10.7. The summed E-state index contributed by atoms with van der Waals surface area (Å²) in [7, 11) is 0. The molecule has 0 aliphatic heterocycles. The van der Waals surface area contributed by atoms with Crippen molar-refractivity contribution in [1.29, 1.82) is 0 Å². The van der Waals surface area contributed by atoms with Gasteiger partial charge in [-0.25, -0.2) is 0 Å². The number of hydrogen-bond acceptors (Lipinski definition) is 4. The van der Waals surface area contributed by atoms with Crippen LogP contribution in [-0.4, -0.2) is 24.9 Å². The molecule has 0 saturated heterocycles. The van der Waals surface area contributed by atoms with Crippen molar-refractivity contribution in [2.45, 2.75) is 20.1 Å². The molecule has 0 amide bonds. The minimum absolute atomic E-state index is 0.0916. The average molecular weight is 370 g/mol. The van der Waals surface area contributed by atoms with Gasteiger partial charge < -0.3 is 19.9 Å². The molecular weight excluding hydrogens is 349 g/mol. The molecule has 0 aromatic heterocycles. The first kappa shape index (κ1) is 18.9. The molecule has 0 unspecified atom stereocenters. The number of ether oxygens (including phenoxy) is 2. The number of halogens is 2. The third kappa shape index (κ3) is 5.56. The van der Waals surface area contributed by atoms with E-state index in [-0.39, 0.29) is 6.61 Å². The summed E-state index contributed by atoms with van der Waals surface area (Å²) in [5, 5.41) is 13.1. The van der Waals surface area contributed by atoms with Crippen LogP contribution in [0.4, 0.5) is 0 Å². The number of nitrogens with one attached hydrogen (secondary N) is 1. The van der Waals surface area contributed by atoms with Gasteiger partial charge in [0.05, 0.1) is 18.2 Å². The molecule has 0 spiro atoms. The molecule has 0 aliphatic carbocycles. The van der Waals surface area contributed by atoms with Crippen LogP contribution in [0.15, 0.2) is 36.4 Å². The molecular formula is C18H21Cl2NO3. The quantitative estimate of drug-likeness (QED) is 0.654. The van der Waals surface area contributed by atoms with Crippen LogP contribution in [0.1, 0.15) is 18.1 Å². The molecule has 130 valence electrons. The Kier molecular flexibility index (Phi) is 7.66. The summed E-state index contributed by atoms with van der Waals surface area (Å²) in [6.07, 6.45) is 0. The van der Waals surface area contributed by atoms with Crippen molar-refractivity contribution in [3.05, 3.63) is 57.6 Å². The lowest BCUT2D eigenvalue weighted by atomic mass is 10.2. The van der Waals surface area contributed by atoms with Gasteiger partial charge in [0.25, 0.3) is 0 Å². The molecule has 2 N–H and O–H groups in total. The number of aliphatic hydroxyl groups is 1. The maximum atomic E-state index is 8.84. The summed E-state index contributed by atoms with van der Waals surface area (Å²) in [5.74, 6) is 1.14. The maximum Gasteiger partial charge on any atom is 0.180 e. The van der Waals surface area contributed by atoms with Gasteiger partial charge in [0, 0.05) is 18.1 Å². The highest BCUT2D eigenvalue weighted by molar-refractivity contribution is 6.32. The summed E-state index contributed by atoms with van der Waals surface area (Å²) in [4.78, 5) is 0. The molecule has 6 heteroatoms. The van der Waals surface area contributed by atoms with E-state index in [9.17, 15) is 0 Å². The van der Waals surface area contributed by atoms with Crippen LogP contribution in [0, 0.1) is 0 Å². The molecule has 24 heavy (non-hydrogen) atoms. The van der Waals surface area contributed by atoms with Gasteiger partial charge in [0.2, 0.25) is 0 Å². The largest absolute Gasteiger partial charge is 0.490 e. The molecule has 0 radical (unpaired) electrons. The molecule has 0 saturated carbocycles. The van der Waals surface area contributed by atoms with Gasteiger partial charge in [-0.15, -0.1) is 0 Å². The van der Waals surface area contributed by atoms with E-state index in [2.05, 4.69) is 5.32 Å². The zero-order valence-corrected chi connectivity index (χ0v) is 15.0. The van der Waals surface area contributed by atoms with Gasteiger partial charge in [-0.3, -0.25) is 0 Å². The van der Waals surface area contributed by atoms with Crippen molar-refractivity contribution in [3.8, 4) is 11.5 Å². The molecule has 2 aromatic rings. The van der Waals surface area contributed by atoms with E-state index in [4.69, 9.17) is 37.8 Å². The lowest BCUT2D eigenvalue weighted by molar-refractivity contribution is 0.269. The number of rotatable bonds is 9.